The number of nitrogens with zero attached hydrogens (tertiary/aromatic N) is 4. The molecule has 1 fully saturated rings. The van der Waals surface area contributed by atoms with Crippen molar-refractivity contribution in [2.75, 3.05) is 18.0 Å². The van der Waals surface area contributed by atoms with Crippen molar-refractivity contribution in [3.8, 4) is 0 Å². The van der Waals surface area contributed by atoms with Gasteiger partial charge >= 0.3 is 5.69 Å². The molecule has 4 rings (SSSR count). The number of rotatable bonds is 4. The maximum atomic E-state index is 13.3. The minimum absolute atomic E-state index is 0.00553. The normalized spacial score (nSPS) is 18.0. The second-order valence-electron chi connectivity index (χ2n) is 8.34. The van der Waals surface area contributed by atoms with Crippen molar-refractivity contribution < 1.29 is 5.11 Å². The van der Waals surface area contributed by atoms with Gasteiger partial charge in [0.15, 0.2) is 0 Å². The van der Waals surface area contributed by atoms with E-state index >= 15 is 0 Å². The van der Waals surface area contributed by atoms with Crippen LogP contribution in [0.2, 0.25) is 5.02 Å². The second-order valence-corrected chi connectivity index (χ2v) is 8.75. The summed E-state index contributed by atoms with van der Waals surface area (Å²) in [5, 5.41) is 11.4. The number of aromatic nitrogens is 3. The molecule has 1 aliphatic heterocycles. The van der Waals surface area contributed by atoms with Crippen molar-refractivity contribution in [1.82, 2.24) is 13.7 Å². The third-order valence-electron chi connectivity index (χ3n) is 6.12. The zero-order valence-corrected chi connectivity index (χ0v) is 18.8. The number of halogens is 1. The van der Waals surface area contributed by atoms with Gasteiger partial charge in [-0.1, -0.05) is 29.8 Å². The van der Waals surface area contributed by atoms with Crippen LogP contribution in [-0.2, 0) is 20.6 Å². The molecule has 166 valence electrons. The first-order valence-electron chi connectivity index (χ1n) is 10.5. The molecule has 1 aliphatic rings. The highest BCUT2D eigenvalue weighted by atomic mass is 35.5. The summed E-state index contributed by atoms with van der Waals surface area (Å²) in [6, 6.07) is 7.46. The summed E-state index contributed by atoms with van der Waals surface area (Å²) in [7, 11) is 3.09. The molecule has 31 heavy (non-hydrogen) atoms. The largest absolute Gasteiger partial charge is 0.388 e. The summed E-state index contributed by atoms with van der Waals surface area (Å²) < 4.78 is 4.43. The van der Waals surface area contributed by atoms with Crippen LogP contribution < -0.4 is 21.9 Å². The monoisotopic (exact) mass is 445 g/mol. The van der Waals surface area contributed by atoms with Crippen LogP contribution in [0, 0.1) is 0 Å². The van der Waals surface area contributed by atoms with Crippen LogP contribution in [0.3, 0.4) is 0 Å². The van der Waals surface area contributed by atoms with Gasteiger partial charge in [-0.2, -0.15) is 0 Å². The maximum Gasteiger partial charge on any atom is 0.331 e. The number of fused-ring (bicyclic) bond motifs is 1. The van der Waals surface area contributed by atoms with Crippen LogP contribution in [0.1, 0.15) is 37.0 Å². The van der Waals surface area contributed by atoms with Crippen molar-refractivity contribution >= 4 is 28.5 Å². The Hall–Kier alpha value is -2.55. The molecule has 0 amide bonds. The van der Waals surface area contributed by atoms with Gasteiger partial charge in [-0.15, -0.1) is 0 Å². The number of piperidine rings is 1. The van der Waals surface area contributed by atoms with E-state index in [-0.39, 0.29) is 6.04 Å². The Labute approximate surface area is 185 Å². The van der Waals surface area contributed by atoms with Crippen molar-refractivity contribution in [3.63, 3.8) is 0 Å². The van der Waals surface area contributed by atoms with Gasteiger partial charge < -0.3 is 20.3 Å². The average molecular weight is 446 g/mol. The topological polar surface area (TPSA) is 98.4 Å². The minimum Gasteiger partial charge on any atom is -0.388 e. The highest BCUT2D eigenvalue weighted by Crippen LogP contribution is 2.37. The fraction of sp³-hybridized carbons (Fsp3) is 0.455. The number of anilines is 1. The fourth-order valence-corrected chi connectivity index (χ4v) is 4.81. The predicted octanol–water partition coefficient (Wildman–Crippen LogP) is 1.72. The fourth-order valence-electron chi connectivity index (χ4n) is 4.61. The van der Waals surface area contributed by atoms with E-state index in [2.05, 4.69) is 4.90 Å². The smallest absolute Gasteiger partial charge is 0.331 e. The Kier molecular flexibility index (Phi) is 5.72. The zero-order chi connectivity index (χ0) is 22.4. The Morgan fingerprint density at radius 1 is 1.19 bits per heavy atom. The molecule has 1 saturated heterocycles. The lowest BCUT2D eigenvalue weighted by Gasteiger charge is -2.34. The zero-order valence-electron chi connectivity index (χ0n) is 18.0. The molecule has 2 atom stereocenters. The molecule has 0 aliphatic carbocycles. The first kappa shape index (κ1) is 21.7. The SMILES string of the molecule is CC(O)c1c(N2CCC[C@@H](N)C2)n(Cc2ccccc2Cl)c2c(=O)n(C)c(=O)n(C)c12. The number of aryl methyl sites for hydroxylation is 1. The summed E-state index contributed by atoms with van der Waals surface area (Å²) >= 11 is 6.45. The summed E-state index contributed by atoms with van der Waals surface area (Å²) in [4.78, 5) is 28.1. The molecule has 3 aromatic rings. The Balaban J connectivity index is 2.12. The Morgan fingerprint density at radius 3 is 2.55 bits per heavy atom. The summed E-state index contributed by atoms with van der Waals surface area (Å²) in [5.41, 5.74) is 7.65. The van der Waals surface area contributed by atoms with Gasteiger partial charge in [0, 0.05) is 43.8 Å². The van der Waals surface area contributed by atoms with Crippen LogP contribution in [0.15, 0.2) is 33.9 Å². The van der Waals surface area contributed by atoms with E-state index in [1.807, 2.05) is 28.8 Å². The molecular formula is C22H28ClN5O3. The van der Waals surface area contributed by atoms with Crippen LogP contribution in [0.5, 0.6) is 0 Å². The quantitative estimate of drug-likeness (QED) is 0.637. The number of benzene rings is 1. The van der Waals surface area contributed by atoms with Gasteiger partial charge in [0.2, 0.25) is 0 Å². The number of hydrogen-bond donors (Lipinski definition) is 2. The van der Waals surface area contributed by atoms with Crippen LogP contribution in [-0.4, -0.2) is 37.9 Å². The minimum atomic E-state index is -0.888. The van der Waals surface area contributed by atoms with E-state index in [9.17, 15) is 14.7 Å². The Bertz CT molecular complexity index is 1260. The van der Waals surface area contributed by atoms with Crippen molar-refractivity contribution in [2.24, 2.45) is 19.8 Å². The first-order valence-corrected chi connectivity index (χ1v) is 10.8. The molecule has 0 radical (unpaired) electrons. The first-order chi connectivity index (χ1) is 14.7. The van der Waals surface area contributed by atoms with Crippen molar-refractivity contribution in [3.05, 3.63) is 61.3 Å². The lowest BCUT2D eigenvalue weighted by atomic mass is 10.1. The van der Waals surface area contributed by atoms with Crippen LogP contribution >= 0.6 is 11.6 Å². The molecule has 1 aromatic carbocycles. The number of hydrogen-bond acceptors (Lipinski definition) is 5. The summed E-state index contributed by atoms with van der Waals surface area (Å²) in [6.45, 7) is 3.34. The lowest BCUT2D eigenvalue weighted by Crippen LogP contribution is -2.44. The molecule has 8 nitrogen and oxygen atoms in total. The molecule has 9 heteroatoms. The summed E-state index contributed by atoms with van der Waals surface area (Å²) in [5.74, 6) is 0.721. The Morgan fingerprint density at radius 2 is 1.90 bits per heavy atom. The predicted molar refractivity (Wildman–Crippen MR) is 123 cm³/mol. The standard InChI is InChI=1S/C22H28ClN5O3/c1-13(29)17-18-19(21(30)26(3)22(31)25(18)2)28(11-14-7-4-5-9-16(14)23)20(17)27-10-6-8-15(24)12-27/h4-5,7,9,13,15,29H,6,8,10-12,24H2,1-3H3/t13?,15-/m1/s1. The molecule has 0 spiro atoms. The highest BCUT2D eigenvalue weighted by Gasteiger charge is 2.31. The number of aliphatic hydroxyl groups excluding tert-OH is 1. The van der Waals surface area contributed by atoms with Gasteiger partial charge in [-0.05, 0) is 31.4 Å². The van der Waals surface area contributed by atoms with Crippen LogP contribution in [0.25, 0.3) is 11.0 Å². The van der Waals surface area contributed by atoms with E-state index in [0.29, 0.717) is 34.7 Å². The second kappa shape index (κ2) is 8.18. The lowest BCUT2D eigenvalue weighted by molar-refractivity contribution is 0.200. The molecular weight excluding hydrogens is 418 g/mol. The van der Waals surface area contributed by atoms with Gasteiger partial charge in [-0.25, -0.2) is 4.79 Å². The van der Waals surface area contributed by atoms with E-state index in [1.165, 1.54) is 11.6 Å². The highest BCUT2D eigenvalue weighted by molar-refractivity contribution is 6.31. The van der Waals surface area contributed by atoms with Crippen LogP contribution in [0.4, 0.5) is 5.82 Å². The third-order valence-corrected chi connectivity index (χ3v) is 6.49. The molecule has 3 heterocycles. The van der Waals surface area contributed by atoms with Crippen molar-refractivity contribution in [1.29, 1.82) is 0 Å². The summed E-state index contributed by atoms with van der Waals surface area (Å²) in [6.07, 6.45) is 0.942. The molecule has 0 saturated carbocycles. The van der Waals surface area contributed by atoms with Gasteiger partial charge in [0.25, 0.3) is 5.56 Å². The number of aliphatic hydroxyl groups is 1. The molecule has 0 bridgehead atoms. The van der Waals surface area contributed by atoms with E-state index in [4.69, 9.17) is 17.3 Å². The number of nitrogens with two attached hydrogens (primary N) is 1. The van der Waals surface area contributed by atoms with Crippen molar-refractivity contribution in [2.45, 2.75) is 38.5 Å². The third kappa shape index (κ3) is 3.58. The molecule has 2 aromatic heterocycles. The van der Waals surface area contributed by atoms with E-state index in [0.717, 1.165) is 35.3 Å². The maximum absolute atomic E-state index is 13.3. The molecule has 3 N–H and O–H groups in total. The van der Waals surface area contributed by atoms with Gasteiger partial charge in [0.05, 0.1) is 18.2 Å². The van der Waals surface area contributed by atoms with Gasteiger partial charge in [0.1, 0.15) is 11.3 Å². The van der Waals surface area contributed by atoms with E-state index in [1.54, 1.807) is 14.0 Å². The average Bonchev–Trinajstić information content (AvgIpc) is 3.07. The molecule has 1 unspecified atom stereocenters. The van der Waals surface area contributed by atoms with E-state index < -0.39 is 17.4 Å². The van der Waals surface area contributed by atoms with Gasteiger partial charge in [-0.3, -0.25) is 13.9 Å².